The number of carbonyl (C=O) groups is 1. The zero-order chi connectivity index (χ0) is 20.0. The van der Waals surface area contributed by atoms with Gasteiger partial charge in [-0.2, -0.15) is 4.31 Å². The van der Waals surface area contributed by atoms with Gasteiger partial charge in [0.2, 0.25) is 10.0 Å². The van der Waals surface area contributed by atoms with E-state index in [1.165, 1.54) is 22.7 Å². The van der Waals surface area contributed by atoms with E-state index in [2.05, 4.69) is 15.3 Å². The lowest BCUT2D eigenvalue weighted by Crippen LogP contribution is -2.37. The normalized spacial score (nSPS) is 17.1. The first-order chi connectivity index (χ1) is 14.0. The van der Waals surface area contributed by atoms with Crippen molar-refractivity contribution < 1.29 is 13.2 Å². The Morgan fingerprint density at radius 2 is 1.97 bits per heavy atom. The summed E-state index contributed by atoms with van der Waals surface area (Å²) in [6, 6.07) is 9.71. The molecular formula is C19H18N4O3S3. The first kappa shape index (κ1) is 18.9. The van der Waals surface area contributed by atoms with Crippen LogP contribution in [0.15, 0.2) is 35.7 Å². The lowest BCUT2D eigenvalue weighted by atomic mass is 10.2. The van der Waals surface area contributed by atoms with E-state index in [1.807, 2.05) is 30.3 Å². The van der Waals surface area contributed by atoms with Gasteiger partial charge in [0.1, 0.15) is 10.7 Å². The van der Waals surface area contributed by atoms with Crippen LogP contribution in [0, 0.1) is 0 Å². The van der Waals surface area contributed by atoms with Crippen LogP contribution in [0.5, 0.6) is 0 Å². The lowest BCUT2D eigenvalue weighted by Gasteiger charge is -2.25. The van der Waals surface area contributed by atoms with Crippen LogP contribution in [-0.2, 0) is 23.0 Å². The topological polar surface area (TPSA) is 92.3 Å². The first-order valence-corrected chi connectivity index (χ1v) is 12.5. The van der Waals surface area contributed by atoms with Crippen molar-refractivity contribution in [1.82, 2.24) is 14.3 Å². The molecule has 150 valence electrons. The smallest absolute Gasteiger partial charge is 0.276 e. The molecule has 1 amide bonds. The highest BCUT2D eigenvalue weighted by molar-refractivity contribution is 7.90. The molecule has 0 saturated heterocycles. The Balaban J connectivity index is 1.29. The Morgan fingerprint density at radius 1 is 1.17 bits per heavy atom. The average Bonchev–Trinajstić information content (AvgIpc) is 3.34. The van der Waals surface area contributed by atoms with E-state index in [4.69, 9.17) is 0 Å². The van der Waals surface area contributed by atoms with Crippen LogP contribution in [0.25, 0.3) is 10.6 Å². The molecule has 1 saturated carbocycles. The van der Waals surface area contributed by atoms with Crippen molar-refractivity contribution in [1.29, 1.82) is 0 Å². The van der Waals surface area contributed by atoms with Gasteiger partial charge in [-0.25, -0.2) is 18.4 Å². The van der Waals surface area contributed by atoms with Crippen molar-refractivity contribution in [2.24, 2.45) is 0 Å². The third kappa shape index (κ3) is 3.73. The van der Waals surface area contributed by atoms with Gasteiger partial charge in [0, 0.05) is 35.3 Å². The number of nitrogens with one attached hydrogen (secondary N) is 1. The number of anilines is 1. The molecule has 1 aliphatic carbocycles. The van der Waals surface area contributed by atoms with Gasteiger partial charge < -0.3 is 0 Å². The monoisotopic (exact) mass is 446 g/mol. The molecule has 0 atom stereocenters. The minimum absolute atomic E-state index is 0.209. The van der Waals surface area contributed by atoms with Gasteiger partial charge in [0.05, 0.1) is 10.9 Å². The molecule has 1 N–H and O–H groups in total. The summed E-state index contributed by atoms with van der Waals surface area (Å²) >= 11 is 2.76. The van der Waals surface area contributed by atoms with Crippen LogP contribution in [0.1, 0.15) is 33.9 Å². The molecule has 1 aromatic carbocycles. The van der Waals surface area contributed by atoms with E-state index in [9.17, 15) is 13.2 Å². The number of amides is 1. The van der Waals surface area contributed by atoms with Crippen molar-refractivity contribution in [3.63, 3.8) is 0 Å². The number of thiazole rings is 2. The van der Waals surface area contributed by atoms with Crippen LogP contribution in [0.4, 0.5) is 5.13 Å². The second kappa shape index (κ2) is 7.28. The van der Waals surface area contributed by atoms with Crippen molar-refractivity contribution in [2.75, 3.05) is 11.9 Å². The molecule has 3 aromatic rings. The maximum absolute atomic E-state index is 12.6. The largest absolute Gasteiger partial charge is 0.296 e. The number of hydrogen-bond acceptors (Lipinski definition) is 7. The van der Waals surface area contributed by atoms with Gasteiger partial charge >= 0.3 is 0 Å². The zero-order valence-electron chi connectivity index (χ0n) is 15.4. The molecule has 0 radical (unpaired) electrons. The molecule has 2 aromatic heterocycles. The molecule has 5 rings (SSSR count). The summed E-state index contributed by atoms with van der Waals surface area (Å²) in [5, 5.41) is 5.61. The van der Waals surface area contributed by atoms with Gasteiger partial charge in [-0.15, -0.1) is 22.7 Å². The van der Waals surface area contributed by atoms with E-state index in [0.29, 0.717) is 30.3 Å². The molecule has 1 fully saturated rings. The van der Waals surface area contributed by atoms with E-state index < -0.39 is 10.0 Å². The third-order valence-corrected chi connectivity index (χ3v) is 9.21. The molecular weight excluding hydrogens is 428 g/mol. The van der Waals surface area contributed by atoms with Crippen LogP contribution in [-0.4, -0.2) is 40.4 Å². The molecule has 0 bridgehead atoms. The summed E-state index contributed by atoms with van der Waals surface area (Å²) in [5.41, 5.74) is 2.19. The molecule has 2 aliphatic rings. The standard InChI is InChI=1S/C19H18N4O3S3/c24-17(15-11-27-18(20-15)12-4-2-1-3-5-12)22-19-21-14-8-9-23(10-16(14)28-19)29(25,26)13-6-7-13/h1-5,11,13H,6-10H2,(H,21,22,24). The van der Waals surface area contributed by atoms with Crippen LogP contribution < -0.4 is 5.32 Å². The summed E-state index contributed by atoms with van der Waals surface area (Å²) in [4.78, 5) is 22.4. The number of carbonyl (C=O) groups excluding carboxylic acids is 1. The van der Waals surface area contributed by atoms with Crippen molar-refractivity contribution >= 4 is 43.7 Å². The Labute approximate surface area is 176 Å². The Kier molecular flexibility index (Phi) is 4.73. The van der Waals surface area contributed by atoms with Gasteiger partial charge in [0.15, 0.2) is 5.13 Å². The number of sulfonamides is 1. The van der Waals surface area contributed by atoms with Gasteiger partial charge in [-0.3, -0.25) is 10.1 Å². The van der Waals surface area contributed by atoms with Crippen LogP contribution in [0.2, 0.25) is 0 Å². The molecule has 3 heterocycles. The number of aromatic nitrogens is 2. The van der Waals surface area contributed by atoms with Crippen LogP contribution >= 0.6 is 22.7 Å². The highest BCUT2D eigenvalue weighted by atomic mass is 32.2. The van der Waals surface area contributed by atoms with E-state index in [-0.39, 0.29) is 11.2 Å². The lowest BCUT2D eigenvalue weighted by molar-refractivity contribution is 0.102. The minimum atomic E-state index is -3.20. The molecule has 29 heavy (non-hydrogen) atoms. The summed E-state index contributed by atoms with van der Waals surface area (Å²) in [7, 11) is -3.20. The minimum Gasteiger partial charge on any atom is -0.296 e. The second-order valence-corrected chi connectivity index (χ2v) is 11.2. The van der Waals surface area contributed by atoms with Crippen molar-refractivity contribution in [3.05, 3.63) is 52.0 Å². The number of rotatable bonds is 5. The predicted octanol–water partition coefficient (Wildman–Crippen LogP) is 3.37. The van der Waals surface area contributed by atoms with E-state index in [0.717, 1.165) is 34.0 Å². The summed E-state index contributed by atoms with van der Waals surface area (Å²) in [6.07, 6.45) is 2.09. The fourth-order valence-corrected chi connectivity index (χ4v) is 6.99. The number of fused-ring (bicyclic) bond motifs is 1. The van der Waals surface area contributed by atoms with Gasteiger partial charge in [-0.1, -0.05) is 30.3 Å². The number of nitrogens with zero attached hydrogens (tertiary/aromatic N) is 3. The van der Waals surface area contributed by atoms with E-state index >= 15 is 0 Å². The highest BCUT2D eigenvalue weighted by Crippen LogP contribution is 2.35. The SMILES string of the molecule is O=C(Nc1nc2c(s1)CN(S(=O)(=O)C1CC1)CC2)c1csc(-c2ccccc2)n1. The number of benzene rings is 1. The Hall–Kier alpha value is -2.14. The highest BCUT2D eigenvalue weighted by Gasteiger charge is 2.41. The molecule has 0 spiro atoms. The van der Waals surface area contributed by atoms with Gasteiger partial charge in [0.25, 0.3) is 5.91 Å². The zero-order valence-corrected chi connectivity index (χ0v) is 17.8. The predicted molar refractivity (Wildman–Crippen MR) is 114 cm³/mol. The molecule has 0 unspecified atom stereocenters. The average molecular weight is 447 g/mol. The molecule has 7 nitrogen and oxygen atoms in total. The van der Waals surface area contributed by atoms with Crippen molar-refractivity contribution in [2.45, 2.75) is 31.1 Å². The Bertz CT molecular complexity index is 1170. The maximum Gasteiger partial charge on any atom is 0.276 e. The summed E-state index contributed by atoms with van der Waals surface area (Å²) in [6.45, 7) is 0.798. The summed E-state index contributed by atoms with van der Waals surface area (Å²) < 4.78 is 26.5. The van der Waals surface area contributed by atoms with E-state index in [1.54, 1.807) is 9.69 Å². The first-order valence-electron chi connectivity index (χ1n) is 9.30. The fraction of sp³-hybridized carbons (Fsp3) is 0.316. The Morgan fingerprint density at radius 3 is 2.72 bits per heavy atom. The van der Waals surface area contributed by atoms with Crippen LogP contribution in [0.3, 0.4) is 0 Å². The fourth-order valence-electron chi connectivity index (χ4n) is 3.27. The van der Waals surface area contributed by atoms with Crippen molar-refractivity contribution in [3.8, 4) is 10.6 Å². The molecule has 1 aliphatic heterocycles. The summed E-state index contributed by atoms with van der Waals surface area (Å²) in [5.74, 6) is -0.308. The molecule has 10 heteroatoms. The van der Waals surface area contributed by atoms with Gasteiger partial charge in [-0.05, 0) is 12.8 Å². The maximum atomic E-state index is 12.6. The third-order valence-electron chi connectivity index (χ3n) is 4.98. The quantitative estimate of drug-likeness (QED) is 0.649. The number of hydrogen-bond donors (Lipinski definition) is 1. The second-order valence-electron chi connectivity index (χ2n) is 7.07.